The SMILES string of the molecule is C=CCOc1cc(C(N)=O)cc([N+](=O)[O-])c1NC/C=C/CN(CNC(=O)C(/C=C(/C)N)=NCC)c1c(N=C)cc(C=O)cc1OC.CC(C)(C)OC(=O)N1CCCC1.CN. The molecular formula is C41H60N10O9. The number of nitrogens with two attached hydrogens (primary N) is 3. The van der Waals surface area contributed by atoms with Gasteiger partial charge >= 0.3 is 6.09 Å². The van der Waals surface area contributed by atoms with Gasteiger partial charge in [0, 0.05) is 55.6 Å². The number of hydrogen-bond donors (Lipinski definition) is 5. The molecule has 0 unspecified atom stereocenters. The second kappa shape index (κ2) is 26.3. The molecule has 1 fully saturated rings. The van der Waals surface area contributed by atoms with Crippen LogP contribution in [0.1, 0.15) is 68.2 Å². The molecule has 3 amide bonds. The molecule has 19 heteroatoms. The third-order valence-corrected chi connectivity index (χ3v) is 7.84. The number of nitro benzene ring substituents is 1. The number of benzene rings is 2. The smallest absolute Gasteiger partial charge is 0.410 e. The number of nitro groups is 1. The molecule has 0 aliphatic carbocycles. The molecule has 0 atom stereocenters. The summed E-state index contributed by atoms with van der Waals surface area (Å²) in [6.45, 7) is 18.6. The number of nitrogens with one attached hydrogen (secondary N) is 2. The van der Waals surface area contributed by atoms with Gasteiger partial charge in [-0.3, -0.25) is 34.5 Å². The van der Waals surface area contributed by atoms with E-state index in [1.165, 1.54) is 44.5 Å². The van der Waals surface area contributed by atoms with Gasteiger partial charge in [0.15, 0.2) is 11.4 Å². The van der Waals surface area contributed by atoms with Gasteiger partial charge in [-0.15, -0.1) is 0 Å². The van der Waals surface area contributed by atoms with E-state index in [0.717, 1.165) is 32.0 Å². The summed E-state index contributed by atoms with van der Waals surface area (Å²) in [7, 11) is 2.93. The molecule has 60 heavy (non-hydrogen) atoms. The number of methoxy groups -OCH3 is 1. The van der Waals surface area contributed by atoms with Gasteiger partial charge in [0.1, 0.15) is 35.6 Å². The van der Waals surface area contributed by atoms with Crippen LogP contribution in [0, 0.1) is 10.1 Å². The predicted octanol–water partition coefficient (Wildman–Crippen LogP) is 4.88. The minimum Gasteiger partial charge on any atom is -0.494 e. The van der Waals surface area contributed by atoms with Crippen molar-refractivity contribution in [1.82, 2.24) is 10.2 Å². The molecule has 0 radical (unpaired) electrons. The zero-order valence-electron chi connectivity index (χ0n) is 35.6. The molecule has 3 rings (SSSR count). The Morgan fingerprint density at radius 1 is 1.08 bits per heavy atom. The first-order valence-corrected chi connectivity index (χ1v) is 19.0. The summed E-state index contributed by atoms with van der Waals surface area (Å²) in [6.07, 6.45) is 9.04. The number of aldehydes is 1. The van der Waals surface area contributed by atoms with Crippen molar-refractivity contribution in [3.05, 3.63) is 82.1 Å². The van der Waals surface area contributed by atoms with Crippen molar-refractivity contribution >= 4 is 59.4 Å². The molecule has 0 aromatic heterocycles. The number of likely N-dealkylation sites (tertiary alicyclic amines) is 1. The van der Waals surface area contributed by atoms with Gasteiger partial charge < -0.3 is 51.8 Å². The minimum atomic E-state index is -0.850. The van der Waals surface area contributed by atoms with Crippen molar-refractivity contribution in [3.8, 4) is 11.5 Å². The maximum Gasteiger partial charge on any atom is 0.410 e. The average molecular weight is 837 g/mol. The lowest BCUT2D eigenvalue weighted by Crippen LogP contribution is -2.41. The minimum absolute atomic E-state index is 0.0281. The van der Waals surface area contributed by atoms with E-state index in [9.17, 15) is 29.3 Å². The number of rotatable bonds is 19. The summed E-state index contributed by atoms with van der Waals surface area (Å²) >= 11 is 0. The molecule has 0 bridgehead atoms. The van der Waals surface area contributed by atoms with Gasteiger partial charge in [-0.1, -0.05) is 24.8 Å². The van der Waals surface area contributed by atoms with Crippen molar-refractivity contribution in [2.45, 2.75) is 53.1 Å². The van der Waals surface area contributed by atoms with E-state index in [-0.39, 0.29) is 60.8 Å². The highest BCUT2D eigenvalue weighted by molar-refractivity contribution is 6.43. The zero-order chi connectivity index (χ0) is 45.4. The van der Waals surface area contributed by atoms with Gasteiger partial charge in [0.2, 0.25) is 5.91 Å². The van der Waals surface area contributed by atoms with Crippen LogP contribution >= 0.6 is 0 Å². The van der Waals surface area contributed by atoms with Crippen LogP contribution in [-0.4, -0.2) is 112 Å². The quantitative estimate of drug-likeness (QED) is 0.0316. The fourth-order valence-corrected chi connectivity index (χ4v) is 5.34. The summed E-state index contributed by atoms with van der Waals surface area (Å²) < 4.78 is 16.3. The van der Waals surface area contributed by atoms with Crippen molar-refractivity contribution in [2.24, 2.45) is 27.2 Å². The molecule has 2 aromatic carbocycles. The van der Waals surface area contributed by atoms with Crippen molar-refractivity contribution < 1.29 is 38.3 Å². The average Bonchev–Trinajstić information content (AvgIpc) is 3.76. The monoisotopic (exact) mass is 836 g/mol. The van der Waals surface area contributed by atoms with E-state index in [1.54, 1.807) is 35.8 Å². The molecule has 0 spiro atoms. The predicted molar refractivity (Wildman–Crippen MR) is 236 cm³/mol. The van der Waals surface area contributed by atoms with Crippen molar-refractivity contribution in [1.29, 1.82) is 0 Å². The number of primary amides is 1. The van der Waals surface area contributed by atoms with Crippen molar-refractivity contribution in [2.75, 3.05) is 70.4 Å². The third kappa shape index (κ3) is 17.0. The summed E-state index contributed by atoms with van der Waals surface area (Å²) in [5, 5.41) is 17.6. The van der Waals surface area contributed by atoms with Crippen LogP contribution < -0.4 is 42.2 Å². The molecule has 1 aliphatic heterocycles. The number of amides is 3. The van der Waals surface area contributed by atoms with E-state index in [1.807, 2.05) is 20.8 Å². The van der Waals surface area contributed by atoms with E-state index >= 15 is 0 Å². The lowest BCUT2D eigenvalue weighted by atomic mass is 10.1. The summed E-state index contributed by atoms with van der Waals surface area (Å²) in [5.41, 5.74) is 16.4. The van der Waals surface area contributed by atoms with E-state index < -0.39 is 22.4 Å². The van der Waals surface area contributed by atoms with E-state index in [2.05, 4.69) is 39.6 Å². The Morgan fingerprint density at radius 3 is 2.27 bits per heavy atom. The third-order valence-electron chi connectivity index (χ3n) is 7.84. The first-order chi connectivity index (χ1) is 28.5. The van der Waals surface area contributed by atoms with Crippen LogP contribution in [0.4, 0.5) is 27.5 Å². The first kappa shape index (κ1) is 51.3. The second-order valence-corrected chi connectivity index (χ2v) is 13.6. The highest BCUT2D eigenvalue weighted by Crippen LogP contribution is 2.39. The van der Waals surface area contributed by atoms with Crippen LogP contribution in [-0.2, 0) is 9.53 Å². The Labute approximate surface area is 351 Å². The molecule has 328 valence electrons. The first-order valence-electron chi connectivity index (χ1n) is 19.0. The summed E-state index contributed by atoms with van der Waals surface area (Å²) in [6, 6.07) is 5.44. The lowest BCUT2D eigenvalue weighted by Gasteiger charge is -2.27. The van der Waals surface area contributed by atoms with Gasteiger partial charge in [-0.25, -0.2) is 4.79 Å². The van der Waals surface area contributed by atoms with Gasteiger partial charge in [-0.05, 0) is 85.5 Å². The number of carbonyl (C=O) groups is 4. The number of anilines is 2. The molecule has 1 saturated heterocycles. The molecule has 8 N–H and O–H groups in total. The van der Waals surface area contributed by atoms with Crippen LogP contribution in [0.3, 0.4) is 0 Å². The zero-order valence-corrected chi connectivity index (χ0v) is 35.6. The molecule has 2 aromatic rings. The van der Waals surface area contributed by atoms with Gasteiger partial charge in [-0.2, -0.15) is 0 Å². The number of carbonyl (C=O) groups excluding carboxylic acids is 4. The Morgan fingerprint density at radius 2 is 1.75 bits per heavy atom. The Bertz CT molecular complexity index is 1900. The van der Waals surface area contributed by atoms with Crippen LogP contribution in [0.15, 0.2) is 70.8 Å². The largest absolute Gasteiger partial charge is 0.494 e. The van der Waals surface area contributed by atoms with Gasteiger partial charge in [0.05, 0.1) is 24.4 Å². The number of nitrogens with zero attached hydrogens (tertiary/aromatic N) is 5. The van der Waals surface area contributed by atoms with Gasteiger partial charge in [0.25, 0.3) is 11.6 Å². The number of allylic oxidation sites excluding steroid dienone is 1. The van der Waals surface area contributed by atoms with E-state index in [0.29, 0.717) is 41.2 Å². The Kier molecular flexibility index (Phi) is 22.5. The maximum absolute atomic E-state index is 13.0. The second-order valence-electron chi connectivity index (χ2n) is 13.6. The molecule has 19 nitrogen and oxygen atoms in total. The van der Waals surface area contributed by atoms with Crippen molar-refractivity contribution in [3.63, 3.8) is 0 Å². The molecule has 1 aliphatic rings. The molecular weight excluding hydrogens is 777 g/mol. The fourth-order valence-electron chi connectivity index (χ4n) is 5.34. The topological polar surface area (TPSA) is 272 Å². The standard InChI is InChI=1S/C31H38N8O7.C9H17NO2.CH5N/c1-6-12-46-26-17-22(30(33)41)16-25(39(43)44)28(26)36-10-8-9-11-38(19-37-31(42)24(35-7-2)13-20(3)32)29-23(34-4)14-21(18-40)15-27(29)45-5;1-9(2,3)12-8(11)10-6-4-5-7-10;1-2/h6,8-9,13-18,36H,1,4,7,10-12,19,32H2,2-3,5H3,(H2,33,41)(H,37,42);4-7H2,1-3H3;2H2,1H3/b9-8+,20-13-,35-24?;;. The number of hydrogen-bond acceptors (Lipinski definition) is 15. The molecule has 0 saturated carbocycles. The number of aliphatic imine (C=N–C) groups is 2. The summed E-state index contributed by atoms with van der Waals surface area (Å²) in [4.78, 5) is 70.5. The normalized spacial score (nSPS) is 12.5. The molecule has 1 heterocycles. The Hall–Kier alpha value is -6.76. The number of ether oxygens (including phenoxy) is 3. The van der Waals surface area contributed by atoms with E-state index in [4.69, 9.17) is 25.7 Å². The van der Waals surface area contributed by atoms with Crippen LogP contribution in [0.2, 0.25) is 0 Å². The highest BCUT2D eigenvalue weighted by Gasteiger charge is 2.25. The Balaban J connectivity index is 0.00000109. The maximum atomic E-state index is 13.0. The summed E-state index contributed by atoms with van der Waals surface area (Å²) in [5.74, 6) is -0.967. The van der Waals surface area contributed by atoms with Crippen LogP contribution in [0.25, 0.3) is 0 Å². The van der Waals surface area contributed by atoms with Crippen LogP contribution in [0.5, 0.6) is 11.5 Å². The fraction of sp³-hybridized carbons (Fsp3) is 0.415. The highest BCUT2D eigenvalue weighted by atomic mass is 16.6. The lowest BCUT2D eigenvalue weighted by molar-refractivity contribution is -0.384.